The van der Waals surface area contributed by atoms with Crippen LogP contribution in [0.2, 0.25) is 0 Å². The van der Waals surface area contributed by atoms with Crippen molar-refractivity contribution in [1.29, 1.82) is 0 Å². The predicted molar refractivity (Wildman–Crippen MR) is 69.1 cm³/mol. The molecule has 18 heavy (non-hydrogen) atoms. The highest BCUT2D eigenvalue weighted by Gasteiger charge is 2.23. The molecule has 0 aromatic carbocycles. The summed E-state index contributed by atoms with van der Waals surface area (Å²) in [5, 5.41) is 5.49. The van der Waals surface area contributed by atoms with Crippen molar-refractivity contribution in [3.05, 3.63) is 24.0 Å². The van der Waals surface area contributed by atoms with Crippen molar-refractivity contribution in [2.75, 3.05) is 12.4 Å². The van der Waals surface area contributed by atoms with E-state index in [2.05, 4.69) is 15.6 Å². The smallest absolute Gasteiger partial charge is 0.254 e. The molecule has 0 saturated carbocycles. The number of aromatic nitrogens is 1. The predicted octanol–water partition coefficient (Wildman–Crippen LogP) is 0.363. The lowest BCUT2D eigenvalue weighted by Gasteiger charge is -2.19. The molecule has 98 valence electrons. The Kier molecular flexibility index (Phi) is 4.65. The fourth-order valence-electron chi connectivity index (χ4n) is 1.58. The van der Waals surface area contributed by atoms with Crippen LogP contribution in [0.5, 0.6) is 0 Å². The van der Waals surface area contributed by atoms with Crippen LogP contribution in [0.3, 0.4) is 0 Å². The van der Waals surface area contributed by atoms with E-state index >= 15 is 0 Å². The number of amides is 2. The van der Waals surface area contributed by atoms with Gasteiger partial charge in [0.15, 0.2) is 0 Å². The first-order valence-corrected chi connectivity index (χ1v) is 5.69. The van der Waals surface area contributed by atoms with E-state index in [1.54, 1.807) is 19.3 Å². The molecule has 0 fully saturated rings. The third-order valence-electron chi connectivity index (χ3n) is 2.59. The lowest BCUT2D eigenvalue weighted by Crippen LogP contribution is -2.47. The summed E-state index contributed by atoms with van der Waals surface area (Å²) in [6, 6.07) is 0.898. The molecule has 1 atom stereocenters. The molecule has 0 saturated heterocycles. The summed E-state index contributed by atoms with van der Waals surface area (Å²) in [5.41, 5.74) is 6.28. The highest BCUT2D eigenvalue weighted by molar-refractivity contribution is 6.01. The summed E-state index contributed by atoms with van der Waals surface area (Å²) in [6.07, 6.45) is 3.06. The number of nitrogens with one attached hydrogen (secondary N) is 2. The molecule has 6 heteroatoms. The maximum atomic E-state index is 12.1. The number of hydrogen-bond acceptors (Lipinski definition) is 4. The van der Waals surface area contributed by atoms with Crippen molar-refractivity contribution in [2.24, 2.45) is 11.7 Å². The molecule has 6 nitrogen and oxygen atoms in total. The fraction of sp³-hybridized carbons (Fsp3) is 0.417. The van der Waals surface area contributed by atoms with Crippen LogP contribution in [-0.2, 0) is 4.79 Å². The van der Waals surface area contributed by atoms with Crippen molar-refractivity contribution in [1.82, 2.24) is 10.3 Å². The normalized spacial score (nSPS) is 12.0. The number of anilines is 1. The summed E-state index contributed by atoms with van der Waals surface area (Å²) in [5.74, 6) is -0.955. The van der Waals surface area contributed by atoms with Crippen LogP contribution in [-0.4, -0.2) is 29.9 Å². The second-order valence-corrected chi connectivity index (χ2v) is 4.27. The van der Waals surface area contributed by atoms with E-state index in [1.807, 2.05) is 13.8 Å². The molecule has 0 radical (unpaired) electrons. The minimum atomic E-state index is -0.685. The average molecular weight is 250 g/mol. The van der Waals surface area contributed by atoms with Crippen molar-refractivity contribution >= 4 is 17.5 Å². The van der Waals surface area contributed by atoms with E-state index in [4.69, 9.17) is 5.73 Å². The molecule has 0 bridgehead atoms. The molecular formula is C12H18N4O2. The maximum Gasteiger partial charge on any atom is 0.254 e. The quantitative estimate of drug-likeness (QED) is 0.703. The first-order chi connectivity index (χ1) is 8.47. The van der Waals surface area contributed by atoms with Gasteiger partial charge in [-0.1, -0.05) is 13.8 Å². The summed E-state index contributed by atoms with van der Waals surface area (Å²) in [7, 11) is 1.70. The van der Waals surface area contributed by atoms with E-state index in [-0.39, 0.29) is 11.8 Å². The van der Waals surface area contributed by atoms with Gasteiger partial charge in [0.05, 0.1) is 17.4 Å². The van der Waals surface area contributed by atoms with Gasteiger partial charge in [-0.15, -0.1) is 0 Å². The van der Waals surface area contributed by atoms with Gasteiger partial charge in [0.2, 0.25) is 5.91 Å². The zero-order chi connectivity index (χ0) is 13.7. The molecule has 0 aliphatic rings. The van der Waals surface area contributed by atoms with Gasteiger partial charge in [0.25, 0.3) is 5.91 Å². The second kappa shape index (κ2) is 6.00. The Hall–Kier alpha value is -2.11. The van der Waals surface area contributed by atoms with Gasteiger partial charge in [0.1, 0.15) is 6.04 Å². The number of nitrogens with zero attached hydrogens (tertiary/aromatic N) is 1. The molecule has 1 aromatic rings. The lowest BCUT2D eigenvalue weighted by molar-refractivity contribution is -0.120. The molecule has 1 aromatic heterocycles. The number of pyridine rings is 1. The average Bonchev–Trinajstić information content (AvgIpc) is 2.34. The summed E-state index contributed by atoms with van der Waals surface area (Å²) in [6.45, 7) is 3.64. The van der Waals surface area contributed by atoms with Gasteiger partial charge in [-0.2, -0.15) is 0 Å². The SMILES string of the molecule is CNc1cnccc1C(=O)NC(C(N)=O)C(C)C. The minimum absolute atomic E-state index is 0.0636. The lowest BCUT2D eigenvalue weighted by atomic mass is 10.0. The van der Waals surface area contributed by atoms with Crippen LogP contribution in [0.4, 0.5) is 5.69 Å². The van der Waals surface area contributed by atoms with Crippen molar-refractivity contribution in [3.8, 4) is 0 Å². The highest BCUT2D eigenvalue weighted by atomic mass is 16.2. The van der Waals surface area contributed by atoms with Crippen molar-refractivity contribution in [3.63, 3.8) is 0 Å². The first-order valence-electron chi connectivity index (χ1n) is 5.69. The zero-order valence-corrected chi connectivity index (χ0v) is 10.7. The number of carbonyl (C=O) groups excluding carboxylic acids is 2. The Morgan fingerprint density at radius 3 is 2.56 bits per heavy atom. The largest absolute Gasteiger partial charge is 0.386 e. The Bertz CT molecular complexity index is 445. The van der Waals surface area contributed by atoms with Crippen molar-refractivity contribution < 1.29 is 9.59 Å². The molecule has 0 aliphatic heterocycles. The number of rotatable bonds is 5. The van der Waals surface area contributed by atoms with Crippen LogP contribution in [0.1, 0.15) is 24.2 Å². The minimum Gasteiger partial charge on any atom is -0.386 e. The fourth-order valence-corrected chi connectivity index (χ4v) is 1.58. The third-order valence-corrected chi connectivity index (χ3v) is 2.59. The van der Waals surface area contributed by atoms with Gasteiger partial charge in [0, 0.05) is 13.2 Å². The molecule has 2 amide bonds. The van der Waals surface area contributed by atoms with Crippen LogP contribution >= 0.6 is 0 Å². The Morgan fingerprint density at radius 2 is 2.06 bits per heavy atom. The van der Waals surface area contributed by atoms with Gasteiger partial charge in [-0.05, 0) is 12.0 Å². The molecular weight excluding hydrogens is 232 g/mol. The van der Waals surface area contributed by atoms with E-state index in [0.29, 0.717) is 11.3 Å². The third kappa shape index (κ3) is 3.19. The van der Waals surface area contributed by atoms with Crippen LogP contribution < -0.4 is 16.4 Å². The van der Waals surface area contributed by atoms with Gasteiger partial charge in [-0.25, -0.2) is 0 Å². The van der Waals surface area contributed by atoms with Crippen molar-refractivity contribution in [2.45, 2.75) is 19.9 Å². The number of carbonyl (C=O) groups is 2. The zero-order valence-electron chi connectivity index (χ0n) is 10.7. The molecule has 1 rings (SSSR count). The van der Waals surface area contributed by atoms with Crippen LogP contribution in [0.15, 0.2) is 18.5 Å². The highest BCUT2D eigenvalue weighted by Crippen LogP contribution is 2.13. The maximum absolute atomic E-state index is 12.1. The summed E-state index contributed by atoms with van der Waals surface area (Å²) >= 11 is 0. The molecule has 4 N–H and O–H groups in total. The van der Waals surface area contributed by atoms with Gasteiger partial charge < -0.3 is 16.4 Å². The van der Waals surface area contributed by atoms with E-state index < -0.39 is 11.9 Å². The molecule has 1 unspecified atom stereocenters. The van der Waals surface area contributed by atoms with Crippen LogP contribution in [0, 0.1) is 5.92 Å². The topological polar surface area (TPSA) is 97.1 Å². The Labute approximate surface area is 106 Å². The Balaban J connectivity index is 2.90. The number of hydrogen-bond donors (Lipinski definition) is 3. The number of nitrogens with two attached hydrogens (primary N) is 1. The van der Waals surface area contributed by atoms with Crippen LogP contribution in [0.25, 0.3) is 0 Å². The van der Waals surface area contributed by atoms with E-state index in [9.17, 15) is 9.59 Å². The van der Waals surface area contributed by atoms with E-state index in [1.165, 1.54) is 6.20 Å². The molecule has 0 spiro atoms. The number of primary amides is 1. The first kappa shape index (κ1) is 14.0. The standard InChI is InChI=1S/C12H18N4O2/c1-7(2)10(11(13)17)16-12(18)8-4-5-15-6-9(8)14-3/h4-7,10,14H,1-3H3,(H2,13,17)(H,16,18). The Morgan fingerprint density at radius 1 is 1.39 bits per heavy atom. The van der Waals surface area contributed by atoms with Gasteiger partial charge in [-0.3, -0.25) is 14.6 Å². The molecule has 0 aliphatic carbocycles. The summed E-state index contributed by atoms with van der Waals surface area (Å²) < 4.78 is 0. The summed E-state index contributed by atoms with van der Waals surface area (Å²) in [4.78, 5) is 27.2. The van der Waals surface area contributed by atoms with Gasteiger partial charge >= 0.3 is 0 Å². The van der Waals surface area contributed by atoms with E-state index in [0.717, 1.165) is 0 Å². The second-order valence-electron chi connectivity index (χ2n) is 4.27. The monoisotopic (exact) mass is 250 g/mol. The molecule has 1 heterocycles.